The fourth-order valence-electron chi connectivity index (χ4n) is 1.62. The van der Waals surface area contributed by atoms with Crippen molar-refractivity contribution in [1.82, 2.24) is 0 Å². The van der Waals surface area contributed by atoms with Crippen molar-refractivity contribution in [2.75, 3.05) is 11.6 Å². The Balaban J connectivity index is 2.28. The molecule has 2 aromatic rings. The van der Waals surface area contributed by atoms with Crippen LogP contribution in [-0.4, -0.2) is 12.2 Å². The molecule has 0 spiro atoms. The molecular weight excluding hydrogens is 346 g/mol. The van der Waals surface area contributed by atoms with Crippen molar-refractivity contribution in [2.24, 2.45) is 0 Å². The summed E-state index contributed by atoms with van der Waals surface area (Å²) in [4.78, 5) is 13.2. The van der Waals surface area contributed by atoms with Crippen LogP contribution in [0.4, 0.5) is 5.69 Å². The number of para-hydroxylation sites is 1. The Labute approximate surface area is 129 Å². The molecule has 2 aromatic carbocycles. The van der Waals surface area contributed by atoms with E-state index in [1.54, 1.807) is 30.0 Å². The van der Waals surface area contributed by atoms with Crippen LogP contribution in [0, 0.1) is 0 Å². The Kier molecular flexibility index (Phi) is 4.91. The number of carbonyl (C=O) groups excluding carboxylic acids is 1. The van der Waals surface area contributed by atoms with Crippen molar-refractivity contribution in [3.63, 3.8) is 0 Å². The van der Waals surface area contributed by atoms with E-state index in [2.05, 4.69) is 21.2 Å². The molecule has 2 nitrogen and oxygen atoms in total. The summed E-state index contributed by atoms with van der Waals surface area (Å²) in [7, 11) is 0. The minimum atomic E-state index is -0.215. The smallest absolute Gasteiger partial charge is 0.257 e. The van der Waals surface area contributed by atoms with E-state index in [-0.39, 0.29) is 5.91 Å². The van der Waals surface area contributed by atoms with E-state index in [4.69, 9.17) is 11.6 Å². The van der Waals surface area contributed by atoms with E-state index >= 15 is 0 Å². The third-order valence-electron chi connectivity index (χ3n) is 2.55. The van der Waals surface area contributed by atoms with E-state index in [9.17, 15) is 4.79 Å². The van der Waals surface area contributed by atoms with Crippen LogP contribution >= 0.6 is 39.3 Å². The van der Waals surface area contributed by atoms with Gasteiger partial charge in [-0.05, 0) is 46.5 Å². The number of rotatable bonds is 3. The number of amides is 1. The van der Waals surface area contributed by atoms with Crippen LogP contribution in [0.2, 0.25) is 5.02 Å². The second kappa shape index (κ2) is 6.46. The quantitative estimate of drug-likeness (QED) is 0.777. The lowest BCUT2D eigenvalue weighted by molar-refractivity contribution is 0.102. The molecule has 1 amide bonds. The highest BCUT2D eigenvalue weighted by atomic mass is 79.9. The first-order valence-electron chi connectivity index (χ1n) is 5.52. The number of hydrogen-bond acceptors (Lipinski definition) is 2. The molecule has 0 bridgehead atoms. The van der Waals surface area contributed by atoms with Gasteiger partial charge in [-0.25, -0.2) is 0 Å². The Hall–Kier alpha value is -0.970. The first-order chi connectivity index (χ1) is 9.13. The van der Waals surface area contributed by atoms with E-state index in [0.29, 0.717) is 15.1 Å². The van der Waals surface area contributed by atoms with Crippen LogP contribution in [0.5, 0.6) is 0 Å². The number of carbonyl (C=O) groups is 1. The lowest BCUT2D eigenvalue weighted by Gasteiger charge is -2.10. The van der Waals surface area contributed by atoms with E-state index in [0.717, 1.165) is 10.6 Å². The molecule has 0 aromatic heterocycles. The molecule has 19 heavy (non-hydrogen) atoms. The lowest BCUT2D eigenvalue weighted by atomic mass is 10.2. The Morgan fingerprint density at radius 2 is 1.95 bits per heavy atom. The molecule has 98 valence electrons. The van der Waals surface area contributed by atoms with Gasteiger partial charge < -0.3 is 5.32 Å². The number of nitrogens with one attached hydrogen (secondary N) is 1. The molecule has 0 atom stereocenters. The number of hydrogen-bond donors (Lipinski definition) is 1. The van der Waals surface area contributed by atoms with Gasteiger partial charge in [0.1, 0.15) is 0 Å². The highest BCUT2D eigenvalue weighted by Gasteiger charge is 2.13. The predicted molar refractivity (Wildman–Crippen MR) is 85.3 cm³/mol. The standard InChI is InChI=1S/C14H11BrClNOS/c1-19-12-8-3-2-7-11(12)17-14(18)9-5-4-6-10(15)13(9)16/h2-8H,1H3,(H,17,18). The SMILES string of the molecule is CSc1ccccc1NC(=O)c1cccc(Br)c1Cl. The largest absolute Gasteiger partial charge is 0.321 e. The summed E-state index contributed by atoms with van der Waals surface area (Å²) in [5.41, 5.74) is 1.24. The summed E-state index contributed by atoms with van der Waals surface area (Å²) in [5.74, 6) is -0.215. The third-order valence-corrected chi connectivity index (χ3v) is 4.64. The maximum absolute atomic E-state index is 12.2. The van der Waals surface area contributed by atoms with Crippen LogP contribution < -0.4 is 5.32 Å². The molecule has 0 aliphatic carbocycles. The van der Waals surface area contributed by atoms with Gasteiger partial charge in [-0.1, -0.05) is 29.8 Å². The van der Waals surface area contributed by atoms with Gasteiger partial charge in [-0.15, -0.1) is 11.8 Å². The Morgan fingerprint density at radius 1 is 1.21 bits per heavy atom. The van der Waals surface area contributed by atoms with Crippen LogP contribution in [0.15, 0.2) is 51.8 Å². The molecule has 0 heterocycles. The summed E-state index contributed by atoms with van der Waals surface area (Å²) in [6.45, 7) is 0. The zero-order chi connectivity index (χ0) is 13.8. The van der Waals surface area contributed by atoms with Crippen molar-refractivity contribution in [3.05, 3.63) is 57.5 Å². The first-order valence-corrected chi connectivity index (χ1v) is 7.91. The maximum Gasteiger partial charge on any atom is 0.257 e. The topological polar surface area (TPSA) is 29.1 Å². The zero-order valence-corrected chi connectivity index (χ0v) is 13.3. The number of benzene rings is 2. The van der Waals surface area contributed by atoms with Gasteiger partial charge in [0.15, 0.2) is 0 Å². The van der Waals surface area contributed by atoms with Gasteiger partial charge in [-0.3, -0.25) is 4.79 Å². The molecule has 0 aliphatic rings. The molecule has 1 N–H and O–H groups in total. The highest BCUT2D eigenvalue weighted by molar-refractivity contribution is 9.10. The zero-order valence-electron chi connectivity index (χ0n) is 10.1. The molecule has 0 unspecified atom stereocenters. The van der Waals surface area contributed by atoms with Gasteiger partial charge in [0.25, 0.3) is 5.91 Å². The summed E-state index contributed by atoms with van der Waals surface area (Å²) >= 11 is 11.0. The summed E-state index contributed by atoms with van der Waals surface area (Å²) < 4.78 is 0.708. The second-order valence-corrected chi connectivity index (χ2v) is 5.84. The maximum atomic E-state index is 12.2. The van der Waals surface area contributed by atoms with Gasteiger partial charge >= 0.3 is 0 Å². The van der Waals surface area contributed by atoms with Crippen molar-refractivity contribution < 1.29 is 4.79 Å². The van der Waals surface area contributed by atoms with Crippen LogP contribution in [0.25, 0.3) is 0 Å². The van der Waals surface area contributed by atoms with Crippen molar-refractivity contribution in [1.29, 1.82) is 0 Å². The van der Waals surface area contributed by atoms with Gasteiger partial charge in [0.2, 0.25) is 0 Å². The van der Waals surface area contributed by atoms with E-state index in [1.165, 1.54) is 0 Å². The molecular formula is C14H11BrClNOS. The molecule has 2 rings (SSSR count). The van der Waals surface area contributed by atoms with E-state index in [1.807, 2.05) is 30.5 Å². The molecule has 0 aliphatic heterocycles. The lowest BCUT2D eigenvalue weighted by Crippen LogP contribution is -2.13. The minimum Gasteiger partial charge on any atom is -0.321 e. The second-order valence-electron chi connectivity index (χ2n) is 3.76. The number of halogens is 2. The molecule has 0 saturated carbocycles. The van der Waals surface area contributed by atoms with Crippen LogP contribution in [-0.2, 0) is 0 Å². The summed E-state index contributed by atoms with van der Waals surface area (Å²) in [5, 5.41) is 3.30. The normalized spacial score (nSPS) is 10.3. The fraction of sp³-hybridized carbons (Fsp3) is 0.0714. The average molecular weight is 357 g/mol. The molecule has 0 radical (unpaired) electrons. The average Bonchev–Trinajstić information content (AvgIpc) is 2.42. The summed E-state index contributed by atoms with van der Waals surface area (Å²) in [6.07, 6.45) is 1.97. The van der Waals surface area contributed by atoms with Gasteiger partial charge in [0, 0.05) is 9.37 Å². The summed E-state index contributed by atoms with van der Waals surface area (Å²) in [6, 6.07) is 12.9. The van der Waals surface area contributed by atoms with Crippen molar-refractivity contribution in [3.8, 4) is 0 Å². The van der Waals surface area contributed by atoms with Crippen LogP contribution in [0.1, 0.15) is 10.4 Å². The van der Waals surface area contributed by atoms with Crippen molar-refractivity contribution >= 4 is 50.9 Å². The Bertz CT molecular complexity index is 618. The predicted octanol–water partition coefficient (Wildman–Crippen LogP) is 5.08. The molecule has 5 heteroatoms. The number of anilines is 1. The van der Waals surface area contributed by atoms with Crippen molar-refractivity contribution in [2.45, 2.75) is 4.90 Å². The first kappa shape index (κ1) is 14.4. The number of thioether (sulfide) groups is 1. The highest BCUT2D eigenvalue weighted by Crippen LogP contribution is 2.28. The third kappa shape index (κ3) is 3.32. The van der Waals surface area contributed by atoms with Gasteiger partial charge in [-0.2, -0.15) is 0 Å². The molecule has 0 fully saturated rings. The molecule has 0 saturated heterocycles. The monoisotopic (exact) mass is 355 g/mol. The fourth-order valence-corrected chi connectivity index (χ4v) is 2.75. The minimum absolute atomic E-state index is 0.215. The van der Waals surface area contributed by atoms with Gasteiger partial charge in [0.05, 0.1) is 16.3 Å². The van der Waals surface area contributed by atoms with Crippen LogP contribution in [0.3, 0.4) is 0 Å². The van der Waals surface area contributed by atoms with E-state index < -0.39 is 0 Å². The Morgan fingerprint density at radius 3 is 2.68 bits per heavy atom.